The number of amides is 3. The van der Waals surface area contributed by atoms with E-state index in [9.17, 15) is 9.59 Å². The molecule has 37 heavy (non-hydrogen) atoms. The highest BCUT2D eigenvalue weighted by Crippen LogP contribution is 2.38. The van der Waals surface area contributed by atoms with Crippen LogP contribution in [0.15, 0.2) is 84.6 Å². The van der Waals surface area contributed by atoms with E-state index < -0.39 is 11.9 Å². The van der Waals surface area contributed by atoms with Gasteiger partial charge in [0.2, 0.25) is 0 Å². The molecule has 1 saturated heterocycles. The molecule has 0 saturated carbocycles. The molecule has 4 aromatic carbocycles. The molecular formula is C30H25ClN2O4. The first-order valence-corrected chi connectivity index (χ1v) is 12.2. The van der Waals surface area contributed by atoms with Gasteiger partial charge in [-0.05, 0) is 52.6 Å². The minimum absolute atomic E-state index is 0.166. The van der Waals surface area contributed by atoms with Crippen molar-refractivity contribution in [2.24, 2.45) is 0 Å². The van der Waals surface area contributed by atoms with Gasteiger partial charge >= 0.3 is 6.03 Å². The molecule has 0 bridgehead atoms. The van der Waals surface area contributed by atoms with Crippen LogP contribution in [0.25, 0.3) is 16.8 Å². The number of rotatable bonds is 7. The van der Waals surface area contributed by atoms with E-state index in [1.54, 1.807) is 18.2 Å². The summed E-state index contributed by atoms with van der Waals surface area (Å²) in [6.45, 7) is 2.48. The summed E-state index contributed by atoms with van der Waals surface area (Å²) in [6, 6.07) is 24.8. The summed E-state index contributed by atoms with van der Waals surface area (Å²) in [5.41, 5.74) is 3.76. The number of hydrogen-bond donors (Lipinski definition) is 1. The number of carbonyl (C=O) groups excluding carboxylic acids is 2. The molecular weight excluding hydrogens is 488 g/mol. The summed E-state index contributed by atoms with van der Waals surface area (Å²) in [5.74, 6) is 0.423. The van der Waals surface area contributed by atoms with Gasteiger partial charge in [0.05, 0.1) is 18.7 Å². The molecule has 0 aromatic heterocycles. The van der Waals surface area contributed by atoms with E-state index in [1.165, 1.54) is 12.0 Å². The lowest BCUT2D eigenvalue weighted by atomic mass is 10.1. The highest BCUT2D eigenvalue weighted by Gasteiger charge is 2.33. The first-order chi connectivity index (χ1) is 17.9. The van der Waals surface area contributed by atoms with Crippen LogP contribution >= 0.6 is 11.6 Å². The number of urea groups is 1. The molecule has 1 aliphatic heterocycles. The van der Waals surface area contributed by atoms with Crippen molar-refractivity contribution in [1.29, 1.82) is 0 Å². The molecule has 1 heterocycles. The van der Waals surface area contributed by atoms with E-state index >= 15 is 0 Å². The van der Waals surface area contributed by atoms with Crippen LogP contribution in [0.2, 0.25) is 5.02 Å². The van der Waals surface area contributed by atoms with Crippen LogP contribution in [0.4, 0.5) is 4.79 Å². The Hall–Kier alpha value is -4.29. The van der Waals surface area contributed by atoms with E-state index in [0.717, 1.165) is 27.5 Å². The summed E-state index contributed by atoms with van der Waals surface area (Å²) in [4.78, 5) is 26.6. The first kappa shape index (κ1) is 24.4. The zero-order valence-corrected chi connectivity index (χ0v) is 21.2. The third kappa shape index (κ3) is 5.15. The average Bonchev–Trinajstić information content (AvgIpc) is 3.16. The van der Waals surface area contributed by atoms with Gasteiger partial charge in [0, 0.05) is 0 Å². The third-order valence-electron chi connectivity index (χ3n) is 6.24. The van der Waals surface area contributed by atoms with Gasteiger partial charge in [-0.25, -0.2) is 4.79 Å². The van der Waals surface area contributed by atoms with Gasteiger partial charge in [0.15, 0.2) is 11.5 Å². The summed E-state index contributed by atoms with van der Waals surface area (Å²) in [7, 11) is 1.53. The fraction of sp³-hybridized carbons (Fsp3) is 0.133. The minimum Gasteiger partial charge on any atom is -0.493 e. The molecule has 0 atom stereocenters. The molecule has 5 rings (SSSR count). The Kier molecular flexibility index (Phi) is 6.84. The van der Waals surface area contributed by atoms with E-state index in [4.69, 9.17) is 21.1 Å². The molecule has 6 nitrogen and oxygen atoms in total. The van der Waals surface area contributed by atoms with Crippen molar-refractivity contribution >= 4 is 40.4 Å². The van der Waals surface area contributed by atoms with E-state index in [0.29, 0.717) is 28.7 Å². The van der Waals surface area contributed by atoms with Gasteiger partial charge < -0.3 is 14.8 Å². The maximum atomic E-state index is 12.9. The van der Waals surface area contributed by atoms with Crippen LogP contribution in [0.5, 0.6) is 11.5 Å². The molecule has 186 valence electrons. The summed E-state index contributed by atoms with van der Waals surface area (Å²) in [5, 5.41) is 5.22. The molecule has 7 heteroatoms. The quantitative estimate of drug-likeness (QED) is 0.227. The van der Waals surface area contributed by atoms with Crippen LogP contribution in [-0.2, 0) is 17.9 Å². The van der Waals surface area contributed by atoms with Crippen LogP contribution in [0.1, 0.15) is 22.3 Å². The second-order valence-electron chi connectivity index (χ2n) is 8.83. The molecule has 0 spiro atoms. The van der Waals surface area contributed by atoms with Gasteiger partial charge in [0.1, 0.15) is 12.3 Å². The normalized spacial score (nSPS) is 14.4. The van der Waals surface area contributed by atoms with E-state index in [-0.39, 0.29) is 12.2 Å². The van der Waals surface area contributed by atoms with Crippen molar-refractivity contribution in [1.82, 2.24) is 10.2 Å². The summed E-state index contributed by atoms with van der Waals surface area (Å²) < 4.78 is 11.6. The molecule has 1 N–H and O–H groups in total. The molecule has 1 aliphatic rings. The van der Waals surface area contributed by atoms with Crippen molar-refractivity contribution in [3.8, 4) is 11.5 Å². The number of ether oxygens (including phenoxy) is 2. The second kappa shape index (κ2) is 10.4. The highest BCUT2D eigenvalue weighted by atomic mass is 35.5. The predicted octanol–water partition coefficient (Wildman–Crippen LogP) is 6.48. The fourth-order valence-electron chi connectivity index (χ4n) is 4.29. The highest BCUT2D eigenvalue weighted by molar-refractivity contribution is 6.32. The van der Waals surface area contributed by atoms with Crippen molar-refractivity contribution in [2.75, 3.05) is 7.11 Å². The second-order valence-corrected chi connectivity index (χ2v) is 9.23. The van der Waals surface area contributed by atoms with Crippen LogP contribution in [0, 0.1) is 6.92 Å². The Morgan fingerprint density at radius 3 is 2.51 bits per heavy atom. The van der Waals surface area contributed by atoms with Crippen molar-refractivity contribution in [3.05, 3.63) is 112 Å². The monoisotopic (exact) mass is 512 g/mol. The Morgan fingerprint density at radius 2 is 1.73 bits per heavy atom. The van der Waals surface area contributed by atoms with Crippen LogP contribution < -0.4 is 14.8 Å². The number of aryl methyl sites for hydroxylation is 1. The standard InChI is InChI=1S/C30H25ClN2O4/c1-19-10-12-20(13-11-19)17-33-29(34)26(32-30(33)35)15-21-14-25(31)28(27(16-21)36-2)37-18-23-8-5-7-22-6-3-4-9-24(22)23/h3-16H,17-18H2,1-2H3,(H,32,35)/b26-15+. The van der Waals surface area contributed by atoms with Crippen molar-refractivity contribution < 1.29 is 19.1 Å². The maximum absolute atomic E-state index is 12.9. The number of fused-ring (bicyclic) bond motifs is 1. The van der Waals surface area contributed by atoms with E-state index in [2.05, 4.69) is 23.5 Å². The fourth-order valence-corrected chi connectivity index (χ4v) is 4.56. The predicted molar refractivity (Wildman–Crippen MR) is 145 cm³/mol. The number of halogens is 1. The van der Waals surface area contributed by atoms with Gasteiger partial charge in [-0.3, -0.25) is 9.69 Å². The van der Waals surface area contributed by atoms with Crippen LogP contribution in [-0.4, -0.2) is 23.9 Å². The SMILES string of the molecule is COc1cc(/C=C2/NC(=O)N(Cc3ccc(C)cc3)C2=O)cc(Cl)c1OCc1cccc2ccccc12. The molecule has 4 aromatic rings. The average molecular weight is 513 g/mol. The van der Waals surface area contributed by atoms with E-state index in [1.807, 2.05) is 55.5 Å². The molecule has 0 aliphatic carbocycles. The zero-order chi connectivity index (χ0) is 25.9. The maximum Gasteiger partial charge on any atom is 0.329 e. The Labute approximate surface area is 220 Å². The van der Waals surface area contributed by atoms with Gasteiger partial charge in [-0.1, -0.05) is 83.9 Å². The number of nitrogens with one attached hydrogen (secondary N) is 1. The Balaban J connectivity index is 1.36. The number of hydrogen-bond acceptors (Lipinski definition) is 4. The number of methoxy groups -OCH3 is 1. The summed E-state index contributed by atoms with van der Waals surface area (Å²) in [6.07, 6.45) is 1.58. The lowest BCUT2D eigenvalue weighted by molar-refractivity contribution is -0.123. The van der Waals surface area contributed by atoms with Crippen molar-refractivity contribution in [3.63, 3.8) is 0 Å². The number of benzene rings is 4. The summed E-state index contributed by atoms with van der Waals surface area (Å²) >= 11 is 6.58. The molecule has 0 radical (unpaired) electrons. The molecule has 0 unspecified atom stereocenters. The Bertz CT molecular complexity index is 1520. The first-order valence-electron chi connectivity index (χ1n) is 11.8. The molecule has 1 fully saturated rings. The Morgan fingerprint density at radius 1 is 0.973 bits per heavy atom. The lowest BCUT2D eigenvalue weighted by Crippen LogP contribution is -2.30. The topological polar surface area (TPSA) is 67.9 Å². The smallest absolute Gasteiger partial charge is 0.329 e. The van der Waals surface area contributed by atoms with Gasteiger partial charge in [-0.15, -0.1) is 0 Å². The lowest BCUT2D eigenvalue weighted by Gasteiger charge is -2.14. The number of imide groups is 1. The van der Waals surface area contributed by atoms with Crippen LogP contribution in [0.3, 0.4) is 0 Å². The number of nitrogens with zero attached hydrogens (tertiary/aromatic N) is 1. The number of carbonyl (C=O) groups is 2. The largest absolute Gasteiger partial charge is 0.493 e. The van der Waals surface area contributed by atoms with Gasteiger partial charge in [0.25, 0.3) is 5.91 Å². The van der Waals surface area contributed by atoms with Gasteiger partial charge in [-0.2, -0.15) is 0 Å². The molecule has 3 amide bonds. The zero-order valence-electron chi connectivity index (χ0n) is 20.5. The minimum atomic E-state index is -0.468. The van der Waals surface area contributed by atoms with Crippen molar-refractivity contribution in [2.45, 2.75) is 20.1 Å². The third-order valence-corrected chi connectivity index (χ3v) is 6.52.